The van der Waals surface area contributed by atoms with E-state index in [1.807, 2.05) is 4.90 Å². The standard InChI is InChI=1S/C18H31N3O3.ClH/c1-2-3-13-21-15(22)14(18(24)7-5-4-6-8-18)20-16(23)17(21)9-11-19-12-10-17;/h14,19,24H,2-13H2,1H3,(H,20,23);1H/t14-;/m1./s1. The number of carbonyl (C=O) groups is 2. The van der Waals surface area contributed by atoms with Crippen molar-refractivity contribution in [1.29, 1.82) is 0 Å². The Labute approximate surface area is 156 Å². The normalized spacial score (nSPS) is 28.4. The molecule has 25 heavy (non-hydrogen) atoms. The maximum absolute atomic E-state index is 13.3. The van der Waals surface area contributed by atoms with Crippen molar-refractivity contribution in [1.82, 2.24) is 15.5 Å². The average Bonchev–Trinajstić information content (AvgIpc) is 2.60. The predicted octanol–water partition coefficient (Wildman–Crippen LogP) is 1.35. The van der Waals surface area contributed by atoms with E-state index >= 15 is 0 Å². The van der Waals surface area contributed by atoms with Crippen LogP contribution < -0.4 is 10.6 Å². The molecule has 3 rings (SSSR count). The second-order valence-electron chi connectivity index (χ2n) is 7.70. The fraction of sp³-hybridized carbons (Fsp3) is 0.889. The number of nitrogens with one attached hydrogen (secondary N) is 2. The van der Waals surface area contributed by atoms with Crippen molar-refractivity contribution >= 4 is 24.2 Å². The van der Waals surface area contributed by atoms with Gasteiger partial charge in [-0.05, 0) is 45.2 Å². The molecule has 1 aliphatic carbocycles. The first-order valence-corrected chi connectivity index (χ1v) is 9.59. The van der Waals surface area contributed by atoms with Crippen LogP contribution in [-0.2, 0) is 9.59 Å². The zero-order valence-corrected chi connectivity index (χ0v) is 16.0. The van der Waals surface area contributed by atoms with Crippen LogP contribution in [0.4, 0.5) is 0 Å². The van der Waals surface area contributed by atoms with E-state index < -0.39 is 17.2 Å². The quantitative estimate of drug-likeness (QED) is 0.694. The molecule has 1 atom stereocenters. The molecule has 0 bridgehead atoms. The number of nitrogens with zero attached hydrogens (tertiary/aromatic N) is 1. The third-order valence-corrected chi connectivity index (χ3v) is 6.15. The lowest BCUT2D eigenvalue weighted by atomic mass is 9.75. The molecule has 3 fully saturated rings. The number of unbranched alkanes of at least 4 members (excludes halogenated alkanes) is 1. The first-order valence-electron chi connectivity index (χ1n) is 9.59. The number of hydrogen-bond donors (Lipinski definition) is 3. The van der Waals surface area contributed by atoms with Gasteiger partial charge in [-0.2, -0.15) is 0 Å². The minimum absolute atomic E-state index is 0. The minimum Gasteiger partial charge on any atom is -0.387 e. The molecule has 1 saturated carbocycles. The highest BCUT2D eigenvalue weighted by Gasteiger charge is 2.57. The molecular formula is C18H32ClN3O3. The Hall–Kier alpha value is -0.850. The lowest BCUT2D eigenvalue weighted by Crippen LogP contribution is -2.76. The van der Waals surface area contributed by atoms with Gasteiger partial charge in [-0.25, -0.2) is 0 Å². The van der Waals surface area contributed by atoms with Gasteiger partial charge >= 0.3 is 0 Å². The summed E-state index contributed by atoms with van der Waals surface area (Å²) in [4.78, 5) is 28.1. The van der Waals surface area contributed by atoms with Crippen LogP contribution >= 0.6 is 12.4 Å². The number of halogens is 1. The Balaban J connectivity index is 0.00000225. The Bertz CT molecular complexity index is 488. The molecule has 144 valence electrons. The van der Waals surface area contributed by atoms with Crippen molar-refractivity contribution in [2.45, 2.75) is 81.9 Å². The van der Waals surface area contributed by atoms with E-state index in [2.05, 4.69) is 17.6 Å². The van der Waals surface area contributed by atoms with E-state index in [9.17, 15) is 14.7 Å². The fourth-order valence-electron chi connectivity index (χ4n) is 4.61. The number of carbonyl (C=O) groups excluding carboxylic acids is 2. The van der Waals surface area contributed by atoms with E-state index in [0.29, 0.717) is 32.2 Å². The summed E-state index contributed by atoms with van der Waals surface area (Å²) in [6, 6.07) is -0.775. The van der Waals surface area contributed by atoms with Crippen molar-refractivity contribution in [3.05, 3.63) is 0 Å². The SMILES string of the molecule is CCCCN1C(=O)[C@H](C2(O)CCCCC2)NC(=O)C12CCNCC2.Cl. The second-order valence-corrected chi connectivity index (χ2v) is 7.70. The number of piperidine rings is 1. The maximum Gasteiger partial charge on any atom is 0.249 e. The molecule has 3 aliphatic rings. The van der Waals surface area contributed by atoms with E-state index in [4.69, 9.17) is 0 Å². The predicted molar refractivity (Wildman–Crippen MR) is 98.7 cm³/mol. The zero-order chi connectivity index (χ0) is 17.2. The van der Waals surface area contributed by atoms with Gasteiger partial charge in [-0.3, -0.25) is 9.59 Å². The molecule has 2 aliphatic heterocycles. The molecule has 0 aromatic carbocycles. The van der Waals surface area contributed by atoms with Crippen LogP contribution in [0.15, 0.2) is 0 Å². The van der Waals surface area contributed by atoms with Crippen molar-refractivity contribution in [2.24, 2.45) is 0 Å². The van der Waals surface area contributed by atoms with Crippen LogP contribution in [0.5, 0.6) is 0 Å². The summed E-state index contributed by atoms with van der Waals surface area (Å²) in [5.41, 5.74) is -1.80. The van der Waals surface area contributed by atoms with Gasteiger partial charge < -0.3 is 20.6 Å². The third-order valence-electron chi connectivity index (χ3n) is 6.15. The lowest BCUT2D eigenvalue weighted by Gasteiger charge is -2.53. The van der Waals surface area contributed by atoms with Crippen LogP contribution in [-0.4, -0.2) is 58.6 Å². The first-order chi connectivity index (χ1) is 11.5. The number of rotatable bonds is 4. The Morgan fingerprint density at radius 1 is 1.12 bits per heavy atom. The number of hydrogen-bond acceptors (Lipinski definition) is 4. The van der Waals surface area contributed by atoms with E-state index in [-0.39, 0.29) is 24.2 Å². The second kappa shape index (κ2) is 8.23. The Morgan fingerprint density at radius 3 is 2.36 bits per heavy atom. The summed E-state index contributed by atoms with van der Waals surface area (Å²) < 4.78 is 0. The summed E-state index contributed by atoms with van der Waals surface area (Å²) in [5.74, 6) is -0.141. The smallest absolute Gasteiger partial charge is 0.249 e. The van der Waals surface area contributed by atoms with Crippen LogP contribution in [0.2, 0.25) is 0 Å². The van der Waals surface area contributed by atoms with Gasteiger partial charge in [0.1, 0.15) is 11.6 Å². The fourth-order valence-corrected chi connectivity index (χ4v) is 4.61. The molecule has 2 saturated heterocycles. The summed E-state index contributed by atoms with van der Waals surface area (Å²) in [6.45, 7) is 4.20. The van der Waals surface area contributed by atoms with Crippen LogP contribution in [0.25, 0.3) is 0 Å². The van der Waals surface area contributed by atoms with E-state index in [0.717, 1.165) is 45.2 Å². The maximum atomic E-state index is 13.3. The highest BCUT2D eigenvalue weighted by Crippen LogP contribution is 2.37. The Kier molecular flexibility index (Phi) is 6.74. The van der Waals surface area contributed by atoms with Crippen LogP contribution in [0.1, 0.15) is 64.7 Å². The highest BCUT2D eigenvalue weighted by molar-refractivity contribution is 6.00. The molecular weight excluding hydrogens is 342 g/mol. The van der Waals surface area contributed by atoms with Gasteiger partial charge in [0.15, 0.2) is 0 Å². The largest absolute Gasteiger partial charge is 0.387 e. The van der Waals surface area contributed by atoms with Gasteiger partial charge in [0.25, 0.3) is 0 Å². The highest BCUT2D eigenvalue weighted by atomic mass is 35.5. The van der Waals surface area contributed by atoms with Gasteiger partial charge in [-0.1, -0.05) is 32.6 Å². The molecule has 0 aromatic heterocycles. The number of aliphatic hydroxyl groups is 1. The molecule has 6 nitrogen and oxygen atoms in total. The van der Waals surface area contributed by atoms with Gasteiger partial charge in [0.05, 0.1) is 5.60 Å². The molecule has 7 heteroatoms. The molecule has 0 unspecified atom stereocenters. The first kappa shape index (κ1) is 20.5. The van der Waals surface area contributed by atoms with Crippen molar-refractivity contribution in [3.8, 4) is 0 Å². The van der Waals surface area contributed by atoms with Gasteiger partial charge in [0, 0.05) is 6.54 Å². The monoisotopic (exact) mass is 373 g/mol. The zero-order valence-electron chi connectivity index (χ0n) is 15.2. The third kappa shape index (κ3) is 3.67. The Morgan fingerprint density at radius 2 is 1.76 bits per heavy atom. The van der Waals surface area contributed by atoms with E-state index in [1.165, 1.54) is 0 Å². The molecule has 0 radical (unpaired) electrons. The van der Waals surface area contributed by atoms with Crippen molar-refractivity contribution < 1.29 is 14.7 Å². The molecule has 2 heterocycles. The van der Waals surface area contributed by atoms with Crippen LogP contribution in [0, 0.1) is 0 Å². The average molecular weight is 374 g/mol. The minimum atomic E-state index is -1.08. The lowest BCUT2D eigenvalue weighted by molar-refractivity contribution is -0.169. The van der Waals surface area contributed by atoms with Gasteiger partial charge in [-0.15, -0.1) is 12.4 Å². The van der Waals surface area contributed by atoms with Crippen molar-refractivity contribution in [2.75, 3.05) is 19.6 Å². The molecule has 3 N–H and O–H groups in total. The number of piperazine rings is 1. The summed E-state index contributed by atoms with van der Waals surface area (Å²) in [7, 11) is 0. The summed E-state index contributed by atoms with van der Waals surface area (Å²) >= 11 is 0. The van der Waals surface area contributed by atoms with Gasteiger partial charge in [0.2, 0.25) is 11.8 Å². The number of amides is 2. The van der Waals surface area contributed by atoms with Crippen molar-refractivity contribution in [3.63, 3.8) is 0 Å². The molecule has 1 spiro atoms. The topological polar surface area (TPSA) is 81.7 Å². The molecule has 2 amide bonds. The van der Waals surface area contributed by atoms with Crippen LogP contribution in [0.3, 0.4) is 0 Å². The van der Waals surface area contributed by atoms with E-state index in [1.54, 1.807) is 0 Å². The summed E-state index contributed by atoms with van der Waals surface area (Å²) in [6.07, 6.45) is 7.29. The molecule has 0 aromatic rings. The summed E-state index contributed by atoms with van der Waals surface area (Å²) in [5, 5.41) is 17.3.